The number of unbranched alkanes of at least 4 members (excludes halogenated alkanes) is 9. The molecule has 38 heavy (non-hydrogen) atoms. The minimum absolute atomic E-state index is 0.0308. The molecule has 0 aromatic heterocycles. The van der Waals surface area contributed by atoms with Crippen molar-refractivity contribution in [2.24, 2.45) is 0 Å². The van der Waals surface area contributed by atoms with Crippen molar-refractivity contribution in [2.75, 3.05) is 48.1 Å². The summed E-state index contributed by atoms with van der Waals surface area (Å²) in [5, 5.41) is 0. The Hall–Kier alpha value is -0.790. The van der Waals surface area contributed by atoms with E-state index >= 15 is 0 Å². The van der Waals surface area contributed by atoms with Crippen LogP contribution in [-0.4, -0.2) is 74.5 Å². The molecule has 2 unspecified atom stereocenters. The van der Waals surface area contributed by atoms with Gasteiger partial charge in [-0.3, -0.25) is 4.52 Å². The maximum atomic E-state index is 11.1. The van der Waals surface area contributed by atoms with Crippen LogP contribution in [0.25, 0.3) is 0 Å². The van der Waals surface area contributed by atoms with Crippen molar-refractivity contribution in [1.82, 2.24) is 0 Å². The van der Waals surface area contributed by atoms with Gasteiger partial charge in [0.25, 0.3) is 0 Å². The summed E-state index contributed by atoms with van der Waals surface area (Å²) < 4.78 is 27.8. The van der Waals surface area contributed by atoms with Crippen molar-refractivity contribution >= 4 is 7.82 Å². The van der Waals surface area contributed by atoms with E-state index in [0.29, 0.717) is 24.1 Å². The Kier molecular flexibility index (Phi) is 18.7. The molecule has 2 N–H and O–H groups in total. The van der Waals surface area contributed by atoms with Crippen molar-refractivity contribution in [3.63, 3.8) is 0 Å². The SMILES string of the molecule is CCCCCCCCc1ccc(CCCCCCCOCC(CC(COP(=O)(O)O)[N+](C)(C)C)OC)cc1. The monoisotopic (exact) mass is 558 g/mol. The highest BCUT2D eigenvalue weighted by Gasteiger charge is 2.30. The first-order valence-corrected chi connectivity index (χ1v) is 16.3. The summed E-state index contributed by atoms with van der Waals surface area (Å²) in [6.07, 6.45) is 16.8. The maximum absolute atomic E-state index is 11.1. The van der Waals surface area contributed by atoms with Crippen LogP contribution in [-0.2, 0) is 31.4 Å². The Morgan fingerprint density at radius 2 is 1.29 bits per heavy atom. The quantitative estimate of drug-likeness (QED) is 0.0836. The number of hydrogen-bond donors (Lipinski definition) is 2. The van der Waals surface area contributed by atoms with Crippen LogP contribution in [0.3, 0.4) is 0 Å². The Bertz CT molecular complexity index is 746. The summed E-state index contributed by atoms with van der Waals surface area (Å²) in [6, 6.07) is 9.15. The third-order valence-corrected chi connectivity index (χ3v) is 7.78. The number of phosphoric acid groups is 1. The third-order valence-electron chi connectivity index (χ3n) is 7.30. The van der Waals surface area contributed by atoms with Gasteiger partial charge in [-0.2, -0.15) is 0 Å². The molecule has 0 bridgehead atoms. The van der Waals surface area contributed by atoms with E-state index in [4.69, 9.17) is 23.8 Å². The lowest BCUT2D eigenvalue weighted by molar-refractivity contribution is -0.897. The Balaban J connectivity index is 2.13. The zero-order valence-electron chi connectivity index (χ0n) is 24.9. The molecule has 1 rings (SSSR count). The number of benzene rings is 1. The standard InChI is InChI=1S/C30H56NO6P/c1-6-7-8-9-11-14-17-27-19-21-28(22-20-27)18-15-12-10-13-16-23-36-26-30(35-5)24-29(31(2,3)4)25-37-38(32,33)34/h19-22,29-30H,6-18,23-26H2,1-5H3,(H-,32,33,34)/p+1. The summed E-state index contributed by atoms with van der Waals surface area (Å²) >= 11 is 0. The van der Waals surface area contributed by atoms with Gasteiger partial charge in [-0.1, -0.05) is 82.6 Å². The highest BCUT2D eigenvalue weighted by Crippen LogP contribution is 2.36. The molecule has 0 fully saturated rings. The summed E-state index contributed by atoms with van der Waals surface area (Å²) in [7, 11) is 3.09. The lowest BCUT2D eigenvalue weighted by Crippen LogP contribution is -2.49. The zero-order valence-corrected chi connectivity index (χ0v) is 25.8. The van der Waals surface area contributed by atoms with E-state index in [2.05, 4.69) is 31.2 Å². The molecule has 222 valence electrons. The molecule has 0 heterocycles. The molecule has 0 amide bonds. The number of methoxy groups -OCH3 is 1. The number of phosphoric ester groups is 1. The average molecular weight is 559 g/mol. The topological polar surface area (TPSA) is 85.2 Å². The van der Waals surface area contributed by atoms with E-state index in [0.717, 1.165) is 19.3 Å². The second-order valence-electron chi connectivity index (χ2n) is 11.6. The predicted octanol–water partition coefficient (Wildman–Crippen LogP) is 6.69. The molecule has 8 heteroatoms. The van der Waals surface area contributed by atoms with Gasteiger partial charge in [0, 0.05) is 20.1 Å². The van der Waals surface area contributed by atoms with Gasteiger partial charge in [-0.15, -0.1) is 0 Å². The number of rotatable bonds is 24. The lowest BCUT2D eigenvalue weighted by Gasteiger charge is -2.35. The lowest BCUT2D eigenvalue weighted by atomic mass is 10.0. The molecule has 7 nitrogen and oxygen atoms in total. The normalized spacial score (nSPS) is 14.1. The van der Waals surface area contributed by atoms with Crippen LogP contribution in [0.15, 0.2) is 24.3 Å². The molecule has 0 aliphatic heterocycles. The zero-order chi connectivity index (χ0) is 28.3. The van der Waals surface area contributed by atoms with E-state index in [1.165, 1.54) is 75.3 Å². The Labute approximate surface area is 233 Å². The maximum Gasteiger partial charge on any atom is 0.469 e. The fraction of sp³-hybridized carbons (Fsp3) is 0.800. The van der Waals surface area contributed by atoms with Crippen molar-refractivity contribution in [1.29, 1.82) is 0 Å². The molecule has 0 spiro atoms. The van der Waals surface area contributed by atoms with Crippen molar-refractivity contribution in [3.05, 3.63) is 35.4 Å². The van der Waals surface area contributed by atoms with E-state index < -0.39 is 7.82 Å². The summed E-state index contributed by atoms with van der Waals surface area (Å²) in [4.78, 5) is 18.1. The molecule has 0 saturated heterocycles. The molecule has 0 aliphatic carbocycles. The first-order chi connectivity index (χ1) is 18.0. The molecule has 0 radical (unpaired) electrons. The van der Waals surface area contributed by atoms with Gasteiger partial charge >= 0.3 is 7.82 Å². The smallest absolute Gasteiger partial charge is 0.379 e. The minimum atomic E-state index is -4.49. The molecule has 0 saturated carbocycles. The van der Waals surface area contributed by atoms with Gasteiger partial charge in [0.05, 0.1) is 33.9 Å². The van der Waals surface area contributed by atoms with Crippen LogP contribution < -0.4 is 0 Å². The largest absolute Gasteiger partial charge is 0.469 e. The van der Waals surface area contributed by atoms with Crippen LogP contribution >= 0.6 is 7.82 Å². The summed E-state index contributed by atoms with van der Waals surface area (Å²) in [5.74, 6) is 0. The minimum Gasteiger partial charge on any atom is -0.379 e. The molecule has 0 aliphatic rings. The second kappa shape index (κ2) is 20.1. The first-order valence-electron chi connectivity index (χ1n) is 14.7. The van der Waals surface area contributed by atoms with Crippen LogP contribution in [0.4, 0.5) is 0 Å². The molecular formula is C30H57NO6P+. The van der Waals surface area contributed by atoms with Crippen molar-refractivity contribution in [2.45, 2.75) is 109 Å². The second-order valence-corrected chi connectivity index (χ2v) is 12.8. The molecule has 2 atom stereocenters. The van der Waals surface area contributed by atoms with Gasteiger partial charge in [-0.05, 0) is 43.2 Å². The third kappa shape index (κ3) is 18.5. The van der Waals surface area contributed by atoms with Crippen molar-refractivity contribution in [3.8, 4) is 0 Å². The van der Waals surface area contributed by atoms with Gasteiger partial charge in [-0.25, -0.2) is 4.57 Å². The first kappa shape index (κ1) is 35.2. The van der Waals surface area contributed by atoms with Gasteiger partial charge < -0.3 is 23.7 Å². The Morgan fingerprint density at radius 3 is 1.76 bits per heavy atom. The van der Waals surface area contributed by atoms with Crippen LogP contribution in [0, 0.1) is 0 Å². The van der Waals surface area contributed by atoms with Gasteiger partial charge in [0.2, 0.25) is 0 Å². The highest BCUT2D eigenvalue weighted by atomic mass is 31.2. The molecular weight excluding hydrogens is 501 g/mol. The average Bonchev–Trinajstić information content (AvgIpc) is 2.85. The van der Waals surface area contributed by atoms with E-state index in [1.54, 1.807) is 7.11 Å². The Morgan fingerprint density at radius 1 is 0.789 bits per heavy atom. The van der Waals surface area contributed by atoms with Crippen LogP contribution in [0.2, 0.25) is 0 Å². The predicted molar refractivity (Wildman–Crippen MR) is 156 cm³/mol. The van der Waals surface area contributed by atoms with Crippen molar-refractivity contribution < 1.29 is 32.8 Å². The number of quaternary nitrogens is 1. The number of aryl methyl sites for hydroxylation is 2. The number of hydrogen-bond acceptors (Lipinski definition) is 4. The van der Waals surface area contributed by atoms with Crippen LogP contribution in [0.1, 0.15) is 95.1 Å². The summed E-state index contributed by atoms with van der Waals surface area (Å²) in [5.41, 5.74) is 2.92. The fourth-order valence-corrected chi connectivity index (χ4v) is 4.95. The van der Waals surface area contributed by atoms with Gasteiger partial charge in [0.1, 0.15) is 12.6 Å². The fourth-order valence-electron chi connectivity index (χ4n) is 4.59. The van der Waals surface area contributed by atoms with E-state index in [-0.39, 0.29) is 18.8 Å². The van der Waals surface area contributed by atoms with Gasteiger partial charge in [0.15, 0.2) is 0 Å². The molecule has 1 aromatic carbocycles. The highest BCUT2D eigenvalue weighted by molar-refractivity contribution is 7.46. The number of likely N-dealkylation sites (N-methyl/N-ethyl adjacent to an activating group) is 1. The van der Waals surface area contributed by atoms with Crippen LogP contribution in [0.5, 0.6) is 0 Å². The molecule has 1 aromatic rings. The number of ether oxygens (including phenoxy) is 2. The van der Waals surface area contributed by atoms with E-state index in [1.807, 2.05) is 21.1 Å². The van der Waals surface area contributed by atoms with E-state index in [9.17, 15) is 4.57 Å². The summed E-state index contributed by atoms with van der Waals surface area (Å²) in [6.45, 7) is 3.41. The number of nitrogens with zero attached hydrogens (tertiary/aromatic N) is 1.